The van der Waals surface area contributed by atoms with E-state index in [-0.39, 0.29) is 12.8 Å². The lowest BCUT2D eigenvalue weighted by Gasteiger charge is -2.43. The first-order valence-electron chi connectivity index (χ1n) is 8.28. The van der Waals surface area contributed by atoms with Gasteiger partial charge in [-0.05, 0) is 43.2 Å². The third-order valence-corrected chi connectivity index (χ3v) is 9.62. The minimum Gasteiger partial charge on any atom is -0.199 e. The van der Waals surface area contributed by atoms with Crippen LogP contribution in [0.3, 0.4) is 0 Å². The molecule has 4 unspecified atom stereocenters. The van der Waals surface area contributed by atoms with Gasteiger partial charge in [0.15, 0.2) is 0 Å². The fourth-order valence-corrected chi connectivity index (χ4v) is 7.78. The molecule has 0 aliphatic heterocycles. The van der Waals surface area contributed by atoms with E-state index in [0.717, 1.165) is 0 Å². The third kappa shape index (κ3) is 3.41. The van der Waals surface area contributed by atoms with Crippen molar-refractivity contribution >= 4 is 28.9 Å². The van der Waals surface area contributed by atoms with Gasteiger partial charge in [-0.25, -0.2) is 0 Å². The number of hydrogen-bond acceptors (Lipinski definition) is 0. The Hall–Kier alpha value is -0.113. The maximum Gasteiger partial charge on any atom is 0.460 e. The van der Waals surface area contributed by atoms with E-state index in [1.165, 1.54) is 6.55 Å². The highest BCUT2D eigenvalue weighted by molar-refractivity contribution is 7.45. The molecule has 2 saturated carbocycles. The normalized spacial score (nSPS) is 29.6. The predicted molar refractivity (Wildman–Crippen MR) is 82.2 cm³/mol. The van der Waals surface area contributed by atoms with Crippen LogP contribution in [0.25, 0.3) is 0 Å². The van der Waals surface area contributed by atoms with Crippen LogP contribution in [0.1, 0.15) is 19.3 Å². The average molecular weight is 527 g/mol. The second-order valence-corrected chi connectivity index (χ2v) is 15.8. The zero-order valence-electron chi connectivity index (χ0n) is 14.6. The highest BCUT2D eigenvalue weighted by atomic mass is 35.7. The summed E-state index contributed by atoms with van der Waals surface area (Å²) in [5.41, 5.74) is -0.581. The van der Waals surface area contributed by atoms with Crippen LogP contribution in [0.4, 0.5) is 57.1 Å². The summed E-state index contributed by atoms with van der Waals surface area (Å²) in [5.74, 6) is -41.4. The van der Waals surface area contributed by atoms with E-state index in [0.29, 0.717) is 0 Å². The Morgan fingerprint density at radius 3 is 1.37 bits per heavy atom. The van der Waals surface area contributed by atoms with Gasteiger partial charge in [-0.15, -0.1) is 22.2 Å². The summed E-state index contributed by atoms with van der Waals surface area (Å²) < 4.78 is 173. The van der Waals surface area contributed by atoms with Crippen molar-refractivity contribution in [1.82, 2.24) is 0 Å². The summed E-state index contributed by atoms with van der Waals surface area (Å²) in [4.78, 5) is 0. The molecule has 2 fully saturated rings. The zero-order valence-corrected chi connectivity index (χ0v) is 17.1. The first-order valence-corrected chi connectivity index (χ1v) is 12.9. The van der Waals surface area contributed by atoms with Gasteiger partial charge in [-0.3, -0.25) is 0 Å². The summed E-state index contributed by atoms with van der Waals surface area (Å²) in [6.45, 7) is -1.61. The van der Waals surface area contributed by atoms with Crippen LogP contribution < -0.4 is 0 Å². The number of fused-ring (bicyclic) bond motifs is 2. The van der Waals surface area contributed by atoms with Crippen molar-refractivity contribution in [1.29, 1.82) is 0 Å². The highest BCUT2D eigenvalue weighted by Crippen LogP contribution is 2.67. The van der Waals surface area contributed by atoms with E-state index in [1.54, 1.807) is 0 Å². The lowest BCUT2D eigenvalue weighted by molar-refractivity contribution is -0.443. The van der Waals surface area contributed by atoms with Gasteiger partial charge in [-0.2, -0.15) is 57.1 Å². The lowest BCUT2D eigenvalue weighted by Crippen LogP contribution is -2.71. The van der Waals surface area contributed by atoms with Gasteiger partial charge >= 0.3 is 35.8 Å². The molecule has 0 nitrogen and oxygen atoms in total. The molecule has 0 spiro atoms. The Bertz CT molecular complexity index is 670. The van der Waals surface area contributed by atoms with Crippen molar-refractivity contribution in [2.45, 2.75) is 67.1 Å². The third-order valence-electron chi connectivity index (χ3n) is 5.93. The summed E-state index contributed by atoms with van der Waals surface area (Å²) in [6.07, 6.45) is -8.82. The quantitative estimate of drug-likeness (QED) is 0.189. The molecule has 16 heteroatoms. The van der Waals surface area contributed by atoms with Crippen molar-refractivity contribution in [2.75, 3.05) is 0 Å². The fourth-order valence-electron chi connectivity index (χ4n) is 4.35. The number of halogens is 15. The summed E-state index contributed by atoms with van der Waals surface area (Å²) >= 11 is 11.9. The van der Waals surface area contributed by atoms with Crippen LogP contribution in [-0.2, 0) is 0 Å². The molecule has 0 heterocycles. The predicted octanol–water partition coefficient (Wildman–Crippen LogP) is 7.69. The van der Waals surface area contributed by atoms with E-state index in [2.05, 4.69) is 0 Å². The molecule has 2 bridgehead atoms. The number of hydrogen-bond donors (Lipinski definition) is 0. The molecule has 178 valence electrons. The Morgan fingerprint density at radius 1 is 0.600 bits per heavy atom. The van der Waals surface area contributed by atoms with Gasteiger partial charge in [-0.1, -0.05) is 0 Å². The monoisotopic (exact) mass is 526 g/mol. The molecule has 2 aliphatic carbocycles. The summed E-state index contributed by atoms with van der Waals surface area (Å²) in [7, 11) is 0. The highest BCUT2D eigenvalue weighted by Gasteiger charge is 2.91. The largest absolute Gasteiger partial charge is 0.460 e. The Kier molecular flexibility index (Phi) is 6.05. The first kappa shape index (κ1) is 26.1. The smallest absolute Gasteiger partial charge is 0.199 e. The number of rotatable bonds is 6. The molecule has 0 aromatic heterocycles. The van der Waals surface area contributed by atoms with Gasteiger partial charge in [0.25, 0.3) is 6.69 Å². The van der Waals surface area contributed by atoms with Crippen LogP contribution in [0.15, 0.2) is 0 Å². The minimum absolute atomic E-state index is 0.219. The Labute approximate surface area is 171 Å². The molecule has 2 aliphatic rings. The fraction of sp³-hybridized carbons (Fsp3) is 1.00. The van der Waals surface area contributed by atoms with Gasteiger partial charge in [0.1, 0.15) is 0 Å². The molecule has 2 rings (SSSR count). The second kappa shape index (κ2) is 6.94. The van der Waals surface area contributed by atoms with Gasteiger partial charge in [0.05, 0.1) is 0 Å². The van der Waals surface area contributed by atoms with Gasteiger partial charge in [0, 0.05) is 5.92 Å². The van der Waals surface area contributed by atoms with E-state index >= 15 is 0 Å². The topological polar surface area (TPSA) is 0 Å². The molecule has 0 saturated heterocycles. The van der Waals surface area contributed by atoms with Crippen molar-refractivity contribution < 1.29 is 57.1 Å². The summed E-state index contributed by atoms with van der Waals surface area (Å²) in [6, 6.07) is 0. The molecular formula is C14H13Cl2F13Si. The zero-order chi connectivity index (χ0) is 23.9. The Morgan fingerprint density at radius 2 is 1.03 bits per heavy atom. The van der Waals surface area contributed by atoms with Gasteiger partial charge in [0.2, 0.25) is 0 Å². The van der Waals surface area contributed by atoms with E-state index in [1.807, 2.05) is 0 Å². The number of alkyl halides is 13. The van der Waals surface area contributed by atoms with Crippen molar-refractivity contribution in [3.8, 4) is 0 Å². The molecular weight excluding hydrogens is 514 g/mol. The van der Waals surface area contributed by atoms with Crippen LogP contribution >= 0.6 is 22.2 Å². The van der Waals surface area contributed by atoms with Crippen LogP contribution in [0, 0.1) is 17.8 Å². The Balaban J connectivity index is 2.40. The summed E-state index contributed by atoms with van der Waals surface area (Å²) in [5, 5.41) is 0. The molecule has 0 aromatic rings. The van der Waals surface area contributed by atoms with Gasteiger partial charge < -0.3 is 0 Å². The van der Waals surface area contributed by atoms with Crippen LogP contribution in [-0.4, -0.2) is 42.5 Å². The first-order chi connectivity index (χ1) is 12.9. The molecule has 0 radical (unpaired) electrons. The average Bonchev–Trinajstić information content (AvgIpc) is 3.13. The maximum absolute atomic E-state index is 14.4. The van der Waals surface area contributed by atoms with Crippen LogP contribution in [0.5, 0.6) is 0 Å². The molecule has 0 aromatic carbocycles. The SMILES string of the molecule is C[Si](Cl)(Cl)C1CC2CC1CC2C(F)(F)C(F)(F)C(F)(F)C(F)(F)C(F)(F)C(F)(F)F. The maximum atomic E-state index is 14.4. The van der Waals surface area contributed by atoms with Crippen molar-refractivity contribution in [2.24, 2.45) is 17.8 Å². The van der Waals surface area contributed by atoms with E-state index in [9.17, 15) is 57.1 Å². The van der Waals surface area contributed by atoms with E-state index < -0.39 is 72.2 Å². The van der Waals surface area contributed by atoms with Crippen LogP contribution in [0.2, 0.25) is 12.1 Å². The van der Waals surface area contributed by atoms with Crippen molar-refractivity contribution in [3.05, 3.63) is 0 Å². The lowest BCUT2D eigenvalue weighted by atomic mass is 9.78. The van der Waals surface area contributed by atoms with E-state index in [4.69, 9.17) is 22.2 Å². The minimum atomic E-state index is -7.86. The molecule has 0 amide bonds. The molecule has 4 atom stereocenters. The standard InChI is InChI=1S/C14H13Cl2F13Si/c1-30(15,16)8-4-5-2-6(8)3-7(5)9(17,18)10(19,20)11(21,22)12(23,24)13(25,26)14(27,28)29/h5-8H,2-4H2,1H3. The second-order valence-electron chi connectivity index (χ2n) is 7.81. The van der Waals surface area contributed by atoms with Crippen molar-refractivity contribution in [3.63, 3.8) is 0 Å². The molecule has 0 N–H and O–H groups in total. The molecule has 30 heavy (non-hydrogen) atoms.